The molecule has 0 aromatic carbocycles. The fourth-order valence-corrected chi connectivity index (χ4v) is 3.15. The summed E-state index contributed by atoms with van der Waals surface area (Å²) >= 11 is 1.51. The third-order valence-corrected chi connectivity index (χ3v) is 4.97. The number of hydrogen-bond donors (Lipinski definition) is 1. The maximum atomic E-state index is 12.6. The molecule has 5 nitrogen and oxygen atoms in total. The van der Waals surface area contributed by atoms with Crippen LogP contribution in [0.25, 0.3) is 0 Å². The van der Waals surface area contributed by atoms with E-state index in [1.54, 1.807) is 12.4 Å². The van der Waals surface area contributed by atoms with Gasteiger partial charge in [-0.25, -0.2) is 4.98 Å². The van der Waals surface area contributed by atoms with Gasteiger partial charge in [-0.2, -0.15) is 0 Å². The standard InChI is InChI=1S/C18H20N4OS/c1-18(2,3)15-11-20-17(24-15)21-16(23)14-5-4-10-22(14)12-13-6-8-19-9-7-13/h4-11H,12H2,1-3H3,(H,20,21,23). The van der Waals surface area contributed by atoms with Gasteiger partial charge in [0.2, 0.25) is 0 Å². The fraction of sp³-hybridized carbons (Fsp3) is 0.278. The molecule has 0 radical (unpaired) electrons. The lowest BCUT2D eigenvalue weighted by Gasteiger charge is -2.14. The lowest BCUT2D eigenvalue weighted by atomic mass is 9.96. The zero-order valence-corrected chi connectivity index (χ0v) is 14.8. The predicted octanol–water partition coefficient (Wildman–Crippen LogP) is 3.94. The van der Waals surface area contributed by atoms with Crippen LogP contribution in [0.3, 0.4) is 0 Å². The molecule has 0 unspecified atom stereocenters. The van der Waals surface area contributed by atoms with E-state index in [-0.39, 0.29) is 11.3 Å². The van der Waals surface area contributed by atoms with Crippen LogP contribution < -0.4 is 5.32 Å². The molecule has 6 heteroatoms. The number of nitrogens with zero attached hydrogens (tertiary/aromatic N) is 3. The molecule has 0 fully saturated rings. The molecular formula is C18H20N4OS. The van der Waals surface area contributed by atoms with Gasteiger partial charge in [0.05, 0.1) is 0 Å². The molecule has 0 aliphatic carbocycles. The Morgan fingerprint density at radius 3 is 2.67 bits per heavy atom. The van der Waals surface area contributed by atoms with Gasteiger partial charge in [-0.05, 0) is 35.2 Å². The number of rotatable bonds is 4. The third kappa shape index (κ3) is 3.71. The highest BCUT2D eigenvalue weighted by atomic mass is 32.1. The Morgan fingerprint density at radius 2 is 2.00 bits per heavy atom. The number of hydrogen-bond acceptors (Lipinski definition) is 4. The van der Waals surface area contributed by atoms with Crippen molar-refractivity contribution in [2.75, 3.05) is 5.32 Å². The Morgan fingerprint density at radius 1 is 1.25 bits per heavy atom. The molecule has 3 aromatic heterocycles. The molecule has 3 heterocycles. The molecule has 3 rings (SSSR count). The smallest absolute Gasteiger partial charge is 0.274 e. The SMILES string of the molecule is CC(C)(C)c1cnc(NC(=O)c2cccn2Cc2ccncc2)s1. The predicted molar refractivity (Wildman–Crippen MR) is 96.5 cm³/mol. The normalized spacial score (nSPS) is 11.5. The zero-order chi connectivity index (χ0) is 17.2. The van der Waals surface area contributed by atoms with Crippen molar-refractivity contribution >= 4 is 22.4 Å². The maximum absolute atomic E-state index is 12.6. The average molecular weight is 340 g/mol. The summed E-state index contributed by atoms with van der Waals surface area (Å²) in [7, 11) is 0. The summed E-state index contributed by atoms with van der Waals surface area (Å²) in [5, 5.41) is 3.52. The first-order chi connectivity index (χ1) is 11.4. The first-order valence-corrected chi connectivity index (χ1v) is 8.57. The van der Waals surface area contributed by atoms with E-state index >= 15 is 0 Å². The van der Waals surface area contributed by atoms with Gasteiger partial charge in [0.1, 0.15) is 5.69 Å². The Labute approximate surface area is 145 Å². The van der Waals surface area contributed by atoms with Crippen molar-refractivity contribution in [3.05, 3.63) is 65.2 Å². The number of anilines is 1. The fourth-order valence-electron chi connectivity index (χ4n) is 2.28. The highest BCUT2D eigenvalue weighted by molar-refractivity contribution is 7.15. The molecule has 3 aromatic rings. The largest absolute Gasteiger partial charge is 0.339 e. The summed E-state index contributed by atoms with van der Waals surface area (Å²) < 4.78 is 1.92. The van der Waals surface area contributed by atoms with Crippen molar-refractivity contribution in [3.63, 3.8) is 0 Å². The number of amides is 1. The van der Waals surface area contributed by atoms with Crippen molar-refractivity contribution in [1.82, 2.24) is 14.5 Å². The van der Waals surface area contributed by atoms with Crippen LogP contribution >= 0.6 is 11.3 Å². The van der Waals surface area contributed by atoms with Crippen molar-refractivity contribution < 1.29 is 4.79 Å². The summed E-state index contributed by atoms with van der Waals surface area (Å²) in [6.07, 6.45) is 7.23. The van der Waals surface area contributed by atoms with Gasteiger partial charge in [0.25, 0.3) is 5.91 Å². The number of pyridine rings is 1. The first kappa shape index (κ1) is 16.4. The van der Waals surface area contributed by atoms with Gasteiger partial charge < -0.3 is 4.57 Å². The van der Waals surface area contributed by atoms with E-state index in [0.717, 1.165) is 10.4 Å². The Bertz CT molecular complexity index is 830. The van der Waals surface area contributed by atoms with E-state index in [1.165, 1.54) is 11.3 Å². The molecule has 0 spiro atoms. The van der Waals surface area contributed by atoms with E-state index in [4.69, 9.17) is 0 Å². The van der Waals surface area contributed by atoms with Gasteiger partial charge in [-0.15, -0.1) is 11.3 Å². The zero-order valence-electron chi connectivity index (χ0n) is 14.0. The van der Waals surface area contributed by atoms with Crippen LogP contribution in [0.1, 0.15) is 41.7 Å². The molecule has 0 aliphatic heterocycles. The monoisotopic (exact) mass is 340 g/mol. The van der Waals surface area contributed by atoms with Gasteiger partial charge >= 0.3 is 0 Å². The van der Waals surface area contributed by atoms with Crippen molar-refractivity contribution in [1.29, 1.82) is 0 Å². The van der Waals surface area contributed by atoms with Crippen molar-refractivity contribution in [2.45, 2.75) is 32.7 Å². The van der Waals surface area contributed by atoms with Crippen molar-refractivity contribution in [2.24, 2.45) is 0 Å². The minimum absolute atomic E-state index is 0.0300. The summed E-state index contributed by atoms with van der Waals surface area (Å²) in [6.45, 7) is 7.02. The number of carbonyl (C=O) groups is 1. The van der Waals surface area contributed by atoms with Gasteiger partial charge in [0, 0.05) is 36.2 Å². The Balaban J connectivity index is 1.74. The van der Waals surface area contributed by atoms with Crippen LogP contribution in [0.4, 0.5) is 5.13 Å². The van der Waals surface area contributed by atoms with Gasteiger partial charge in [0.15, 0.2) is 5.13 Å². The van der Waals surface area contributed by atoms with E-state index in [9.17, 15) is 4.79 Å². The highest BCUT2D eigenvalue weighted by Gasteiger charge is 2.19. The number of aromatic nitrogens is 3. The van der Waals surface area contributed by atoms with Crippen LogP contribution in [0.2, 0.25) is 0 Å². The second kappa shape index (κ2) is 6.57. The van der Waals surface area contributed by atoms with Gasteiger partial charge in [-0.1, -0.05) is 20.8 Å². The van der Waals surface area contributed by atoms with Crippen LogP contribution in [0, 0.1) is 0 Å². The maximum Gasteiger partial charge on any atom is 0.274 e. The topological polar surface area (TPSA) is 59.8 Å². The Hall–Kier alpha value is -2.47. The van der Waals surface area contributed by atoms with Crippen molar-refractivity contribution in [3.8, 4) is 0 Å². The van der Waals surface area contributed by atoms with E-state index < -0.39 is 0 Å². The average Bonchev–Trinajstić information content (AvgIpc) is 3.17. The number of thiazole rings is 1. The number of carbonyl (C=O) groups excluding carboxylic acids is 1. The molecule has 1 amide bonds. The molecule has 0 bridgehead atoms. The molecular weight excluding hydrogens is 320 g/mol. The molecule has 1 N–H and O–H groups in total. The summed E-state index contributed by atoms with van der Waals surface area (Å²) in [5.74, 6) is -0.149. The molecule has 0 aliphatic rings. The van der Waals surface area contributed by atoms with Crippen LogP contribution in [-0.2, 0) is 12.0 Å². The summed E-state index contributed by atoms with van der Waals surface area (Å²) in [5.41, 5.74) is 1.74. The first-order valence-electron chi connectivity index (χ1n) is 7.75. The second-order valence-electron chi connectivity index (χ2n) is 6.61. The van der Waals surface area contributed by atoms with Crippen LogP contribution in [-0.4, -0.2) is 20.4 Å². The van der Waals surface area contributed by atoms with E-state index in [2.05, 4.69) is 36.1 Å². The Kier molecular flexibility index (Phi) is 4.49. The number of nitrogens with one attached hydrogen (secondary N) is 1. The molecule has 0 saturated carbocycles. The molecule has 124 valence electrons. The lowest BCUT2D eigenvalue weighted by Crippen LogP contribution is -2.17. The molecule has 0 atom stereocenters. The highest BCUT2D eigenvalue weighted by Crippen LogP contribution is 2.30. The van der Waals surface area contributed by atoms with Crippen LogP contribution in [0.5, 0.6) is 0 Å². The van der Waals surface area contributed by atoms with Gasteiger partial charge in [-0.3, -0.25) is 15.1 Å². The quantitative estimate of drug-likeness (QED) is 0.782. The van der Waals surface area contributed by atoms with E-state index in [1.807, 2.05) is 41.2 Å². The molecule has 0 saturated heterocycles. The summed E-state index contributed by atoms with van der Waals surface area (Å²) in [6, 6.07) is 7.57. The minimum atomic E-state index is -0.149. The lowest BCUT2D eigenvalue weighted by molar-refractivity contribution is 0.101. The molecule has 24 heavy (non-hydrogen) atoms. The second-order valence-corrected chi connectivity index (χ2v) is 7.64. The summed E-state index contributed by atoms with van der Waals surface area (Å²) in [4.78, 5) is 22.0. The van der Waals surface area contributed by atoms with Crippen LogP contribution in [0.15, 0.2) is 49.1 Å². The van der Waals surface area contributed by atoms with E-state index in [0.29, 0.717) is 17.4 Å². The minimum Gasteiger partial charge on any atom is -0.339 e. The third-order valence-electron chi connectivity index (χ3n) is 3.63.